The number of anilines is 2. The predicted octanol–water partition coefficient (Wildman–Crippen LogP) is 5.43. The molecule has 0 unspecified atom stereocenters. The van der Waals surface area contributed by atoms with Crippen molar-refractivity contribution < 1.29 is 28.7 Å². The van der Waals surface area contributed by atoms with E-state index in [1.165, 1.54) is 31.4 Å². The third-order valence-corrected chi connectivity index (χ3v) is 6.21. The Kier molecular flexibility index (Phi) is 7.37. The summed E-state index contributed by atoms with van der Waals surface area (Å²) in [5, 5.41) is 2.58. The number of nitrogens with one attached hydrogen (secondary N) is 1. The van der Waals surface area contributed by atoms with Crippen molar-refractivity contribution in [1.82, 2.24) is 0 Å². The van der Waals surface area contributed by atoms with Crippen molar-refractivity contribution in [1.29, 1.82) is 0 Å². The van der Waals surface area contributed by atoms with Crippen molar-refractivity contribution in [3.8, 4) is 5.75 Å². The summed E-state index contributed by atoms with van der Waals surface area (Å²) < 4.78 is 10.3. The fraction of sp³-hybridized carbons (Fsp3) is 0.172. The Morgan fingerprint density at radius 3 is 2.00 bits per heavy atom. The van der Waals surface area contributed by atoms with Gasteiger partial charge in [0, 0.05) is 11.3 Å². The summed E-state index contributed by atoms with van der Waals surface area (Å²) >= 11 is 6.20. The number of para-hydroxylation sites is 1. The largest absolute Gasteiger partial charge is 0.465 e. The standard InChI is InChI=1S/C29H25ClN2O6/c1-29(2,3)21-7-5-6-8-22(21)38-28(36)18-9-13-19(14-10-18)31-24-23(30)25(33)32(26(24)34)20-15-11-17(12-16-20)27(35)37-4/h5-16,31H,1-4H3. The summed E-state index contributed by atoms with van der Waals surface area (Å²) in [6, 6.07) is 19.4. The van der Waals surface area contributed by atoms with Gasteiger partial charge in [0.25, 0.3) is 11.8 Å². The van der Waals surface area contributed by atoms with Crippen molar-refractivity contribution in [3.05, 3.63) is 100 Å². The minimum atomic E-state index is -0.706. The molecule has 0 saturated carbocycles. The Morgan fingerprint density at radius 1 is 0.816 bits per heavy atom. The first kappa shape index (κ1) is 26.6. The highest BCUT2D eigenvalue weighted by molar-refractivity contribution is 6.53. The quantitative estimate of drug-likeness (QED) is 0.257. The SMILES string of the molecule is COC(=O)c1ccc(N2C(=O)C(Cl)=C(Nc3ccc(C(=O)Oc4ccccc4C(C)(C)C)cc3)C2=O)cc1. The van der Waals surface area contributed by atoms with E-state index in [-0.39, 0.29) is 27.4 Å². The summed E-state index contributed by atoms with van der Waals surface area (Å²) in [4.78, 5) is 51.1. The van der Waals surface area contributed by atoms with Crippen LogP contribution < -0.4 is 15.0 Å². The van der Waals surface area contributed by atoms with Crippen molar-refractivity contribution in [2.45, 2.75) is 26.2 Å². The second kappa shape index (κ2) is 10.5. The number of methoxy groups -OCH3 is 1. The van der Waals surface area contributed by atoms with E-state index in [0.717, 1.165) is 10.5 Å². The number of esters is 2. The number of carbonyl (C=O) groups excluding carboxylic acids is 4. The summed E-state index contributed by atoms with van der Waals surface area (Å²) in [5.41, 5.74) is 1.85. The Morgan fingerprint density at radius 2 is 1.39 bits per heavy atom. The molecule has 4 rings (SSSR count). The molecule has 1 aliphatic heterocycles. The van der Waals surface area contributed by atoms with E-state index in [9.17, 15) is 19.2 Å². The molecule has 194 valence electrons. The van der Waals surface area contributed by atoms with E-state index < -0.39 is 23.8 Å². The van der Waals surface area contributed by atoms with Gasteiger partial charge in [-0.15, -0.1) is 0 Å². The van der Waals surface area contributed by atoms with Crippen LogP contribution in [-0.2, 0) is 19.7 Å². The van der Waals surface area contributed by atoms with Gasteiger partial charge < -0.3 is 14.8 Å². The number of hydrogen-bond acceptors (Lipinski definition) is 7. The van der Waals surface area contributed by atoms with Crippen LogP contribution in [0.5, 0.6) is 5.75 Å². The molecule has 38 heavy (non-hydrogen) atoms. The molecule has 1 N–H and O–H groups in total. The minimum absolute atomic E-state index is 0.108. The summed E-state index contributed by atoms with van der Waals surface area (Å²) in [6.07, 6.45) is 0. The van der Waals surface area contributed by atoms with Crippen LogP contribution in [0, 0.1) is 0 Å². The molecule has 3 aromatic carbocycles. The van der Waals surface area contributed by atoms with Crippen LogP contribution in [0.3, 0.4) is 0 Å². The summed E-state index contributed by atoms with van der Waals surface area (Å²) in [6.45, 7) is 6.11. The average molecular weight is 533 g/mol. The lowest BCUT2D eigenvalue weighted by Gasteiger charge is -2.22. The number of halogens is 1. The highest BCUT2D eigenvalue weighted by atomic mass is 35.5. The number of hydrogen-bond donors (Lipinski definition) is 1. The van der Waals surface area contributed by atoms with E-state index in [2.05, 4.69) is 10.1 Å². The zero-order chi connectivity index (χ0) is 27.6. The first-order valence-corrected chi connectivity index (χ1v) is 12.0. The number of imide groups is 1. The van der Waals surface area contributed by atoms with Crippen LogP contribution in [0.25, 0.3) is 0 Å². The lowest BCUT2D eigenvalue weighted by Crippen LogP contribution is -2.32. The molecule has 0 saturated heterocycles. The van der Waals surface area contributed by atoms with Crippen LogP contribution in [0.2, 0.25) is 0 Å². The molecule has 0 aromatic heterocycles. The average Bonchev–Trinajstić information content (AvgIpc) is 3.11. The molecule has 8 nitrogen and oxygen atoms in total. The molecular formula is C29H25ClN2O6. The zero-order valence-corrected chi connectivity index (χ0v) is 22.0. The van der Waals surface area contributed by atoms with E-state index in [0.29, 0.717) is 17.0 Å². The van der Waals surface area contributed by atoms with Gasteiger partial charge in [0.2, 0.25) is 0 Å². The normalized spacial score (nSPS) is 13.6. The Labute approximate surface area is 224 Å². The van der Waals surface area contributed by atoms with Gasteiger partial charge in [-0.25, -0.2) is 14.5 Å². The van der Waals surface area contributed by atoms with Crippen molar-refractivity contribution in [3.63, 3.8) is 0 Å². The van der Waals surface area contributed by atoms with Gasteiger partial charge in [0.15, 0.2) is 0 Å². The molecule has 2 amide bonds. The molecular weight excluding hydrogens is 508 g/mol. The third kappa shape index (κ3) is 5.31. The second-order valence-corrected chi connectivity index (χ2v) is 9.89. The zero-order valence-electron chi connectivity index (χ0n) is 21.2. The van der Waals surface area contributed by atoms with Crippen LogP contribution >= 0.6 is 11.6 Å². The maximum Gasteiger partial charge on any atom is 0.343 e. The Balaban J connectivity index is 1.48. The third-order valence-electron chi connectivity index (χ3n) is 5.86. The summed E-state index contributed by atoms with van der Waals surface area (Å²) in [5.74, 6) is -1.95. The maximum atomic E-state index is 13.0. The molecule has 3 aromatic rings. The molecule has 0 spiro atoms. The van der Waals surface area contributed by atoms with Gasteiger partial charge in [-0.2, -0.15) is 0 Å². The predicted molar refractivity (Wildman–Crippen MR) is 143 cm³/mol. The van der Waals surface area contributed by atoms with Crippen molar-refractivity contribution in [2.24, 2.45) is 0 Å². The van der Waals surface area contributed by atoms with Gasteiger partial charge in [0.1, 0.15) is 16.5 Å². The first-order chi connectivity index (χ1) is 18.0. The monoisotopic (exact) mass is 532 g/mol. The van der Waals surface area contributed by atoms with Gasteiger partial charge in [0.05, 0.1) is 23.9 Å². The Hall–Kier alpha value is -4.43. The van der Waals surface area contributed by atoms with Crippen molar-refractivity contribution >= 4 is 46.7 Å². The van der Waals surface area contributed by atoms with Gasteiger partial charge in [-0.3, -0.25) is 9.59 Å². The summed E-state index contributed by atoms with van der Waals surface area (Å²) in [7, 11) is 1.26. The van der Waals surface area contributed by atoms with Crippen molar-refractivity contribution in [2.75, 3.05) is 17.3 Å². The highest BCUT2D eigenvalue weighted by Crippen LogP contribution is 2.32. The number of amides is 2. The van der Waals surface area contributed by atoms with Gasteiger partial charge in [-0.1, -0.05) is 50.6 Å². The first-order valence-electron chi connectivity index (χ1n) is 11.7. The number of ether oxygens (including phenoxy) is 2. The molecule has 0 atom stereocenters. The van der Waals surface area contributed by atoms with Gasteiger partial charge in [-0.05, 0) is 60.0 Å². The highest BCUT2D eigenvalue weighted by Gasteiger charge is 2.39. The topological polar surface area (TPSA) is 102 Å². The fourth-order valence-electron chi connectivity index (χ4n) is 3.88. The number of nitrogens with zero attached hydrogens (tertiary/aromatic N) is 1. The van der Waals surface area contributed by atoms with Crippen LogP contribution in [-0.4, -0.2) is 30.9 Å². The van der Waals surface area contributed by atoms with E-state index in [1.54, 1.807) is 36.4 Å². The number of benzene rings is 3. The molecule has 1 aliphatic rings. The second-order valence-electron chi connectivity index (χ2n) is 9.51. The molecule has 1 heterocycles. The van der Waals surface area contributed by atoms with Crippen LogP contribution in [0.15, 0.2) is 83.5 Å². The van der Waals surface area contributed by atoms with E-state index in [4.69, 9.17) is 16.3 Å². The molecule has 9 heteroatoms. The molecule has 0 bridgehead atoms. The molecule has 0 fully saturated rings. The number of rotatable bonds is 6. The maximum absolute atomic E-state index is 13.0. The number of carbonyl (C=O) groups is 4. The van der Waals surface area contributed by atoms with E-state index in [1.807, 2.05) is 32.9 Å². The minimum Gasteiger partial charge on any atom is -0.465 e. The van der Waals surface area contributed by atoms with E-state index >= 15 is 0 Å². The van der Waals surface area contributed by atoms with Crippen LogP contribution in [0.1, 0.15) is 47.1 Å². The fourth-order valence-corrected chi connectivity index (χ4v) is 4.09. The molecule has 0 radical (unpaired) electrons. The Bertz CT molecular complexity index is 1450. The smallest absolute Gasteiger partial charge is 0.343 e. The van der Waals surface area contributed by atoms with Gasteiger partial charge >= 0.3 is 11.9 Å². The van der Waals surface area contributed by atoms with Crippen LogP contribution in [0.4, 0.5) is 11.4 Å². The lowest BCUT2D eigenvalue weighted by atomic mass is 9.86. The molecule has 0 aliphatic carbocycles. The lowest BCUT2D eigenvalue weighted by molar-refractivity contribution is -0.120.